The van der Waals surface area contributed by atoms with Crippen molar-refractivity contribution in [3.8, 4) is 5.75 Å². The van der Waals surface area contributed by atoms with Crippen LogP contribution in [0.2, 0.25) is 5.02 Å². The first kappa shape index (κ1) is 14.6. The molecule has 0 bridgehead atoms. The lowest BCUT2D eigenvalue weighted by atomic mass is 9.90. The molecule has 0 amide bonds. The van der Waals surface area contributed by atoms with Crippen molar-refractivity contribution in [2.45, 2.75) is 51.2 Å². The minimum Gasteiger partial charge on any atom is -0.508 e. The molecule has 0 spiro atoms. The van der Waals surface area contributed by atoms with Crippen LogP contribution in [0.25, 0.3) is 0 Å². The first-order chi connectivity index (χ1) is 9.10. The van der Waals surface area contributed by atoms with E-state index in [0.29, 0.717) is 22.9 Å². The summed E-state index contributed by atoms with van der Waals surface area (Å²) in [5, 5.41) is 10.6. The maximum absolute atomic E-state index is 9.91. The van der Waals surface area contributed by atoms with E-state index >= 15 is 0 Å². The fourth-order valence-corrected chi connectivity index (χ4v) is 3.06. The van der Waals surface area contributed by atoms with Gasteiger partial charge in [0, 0.05) is 29.2 Å². The van der Waals surface area contributed by atoms with E-state index in [4.69, 9.17) is 17.3 Å². The molecule has 2 rings (SSSR count). The molecule has 0 radical (unpaired) electrons. The molecule has 106 valence electrons. The van der Waals surface area contributed by atoms with Crippen LogP contribution in [0.5, 0.6) is 5.75 Å². The minimum atomic E-state index is 0.329. The SMILES string of the molecule is CCN(Cc1cc(Cl)ccc1O)C1CCC(N)CC1. The number of hydrogen-bond donors (Lipinski definition) is 2. The third-order valence-electron chi connectivity index (χ3n) is 4.08. The maximum atomic E-state index is 9.91. The van der Waals surface area contributed by atoms with Gasteiger partial charge in [-0.3, -0.25) is 4.90 Å². The summed E-state index contributed by atoms with van der Waals surface area (Å²) in [5.74, 6) is 0.329. The lowest BCUT2D eigenvalue weighted by Crippen LogP contribution is -2.40. The van der Waals surface area contributed by atoms with E-state index < -0.39 is 0 Å². The van der Waals surface area contributed by atoms with Gasteiger partial charge in [-0.05, 0) is 50.4 Å². The number of hydrogen-bond acceptors (Lipinski definition) is 3. The molecule has 3 N–H and O–H groups in total. The molecule has 19 heavy (non-hydrogen) atoms. The van der Waals surface area contributed by atoms with Crippen LogP contribution >= 0.6 is 11.6 Å². The highest BCUT2D eigenvalue weighted by molar-refractivity contribution is 6.30. The van der Waals surface area contributed by atoms with E-state index in [9.17, 15) is 5.11 Å². The molecule has 1 fully saturated rings. The Morgan fingerprint density at radius 1 is 1.32 bits per heavy atom. The van der Waals surface area contributed by atoms with Gasteiger partial charge in [0.1, 0.15) is 5.75 Å². The van der Waals surface area contributed by atoms with Gasteiger partial charge < -0.3 is 10.8 Å². The molecule has 1 aromatic rings. The Morgan fingerprint density at radius 2 is 2.00 bits per heavy atom. The Morgan fingerprint density at radius 3 is 2.63 bits per heavy atom. The highest BCUT2D eigenvalue weighted by atomic mass is 35.5. The fourth-order valence-electron chi connectivity index (χ4n) is 2.87. The predicted octanol–water partition coefficient (Wildman–Crippen LogP) is 3.14. The molecule has 0 aromatic heterocycles. The van der Waals surface area contributed by atoms with E-state index in [2.05, 4.69) is 11.8 Å². The molecule has 3 nitrogen and oxygen atoms in total. The summed E-state index contributed by atoms with van der Waals surface area (Å²) < 4.78 is 0. The van der Waals surface area contributed by atoms with Crippen LogP contribution in [0.4, 0.5) is 0 Å². The van der Waals surface area contributed by atoms with Crippen molar-refractivity contribution in [1.29, 1.82) is 0 Å². The first-order valence-electron chi connectivity index (χ1n) is 7.07. The molecule has 1 aromatic carbocycles. The highest BCUT2D eigenvalue weighted by Crippen LogP contribution is 2.27. The molecule has 0 saturated heterocycles. The zero-order chi connectivity index (χ0) is 13.8. The van der Waals surface area contributed by atoms with Gasteiger partial charge in [0.05, 0.1) is 0 Å². The van der Waals surface area contributed by atoms with E-state index in [-0.39, 0.29) is 0 Å². The summed E-state index contributed by atoms with van der Waals surface area (Å²) in [7, 11) is 0. The van der Waals surface area contributed by atoms with E-state index in [1.165, 1.54) is 0 Å². The van der Waals surface area contributed by atoms with E-state index in [0.717, 1.165) is 44.3 Å². The number of nitrogens with zero attached hydrogens (tertiary/aromatic N) is 1. The Hall–Kier alpha value is -0.770. The zero-order valence-corrected chi connectivity index (χ0v) is 12.2. The Labute approximate surface area is 120 Å². The number of rotatable bonds is 4. The van der Waals surface area contributed by atoms with Gasteiger partial charge in [-0.1, -0.05) is 18.5 Å². The molecule has 1 aliphatic rings. The molecule has 4 heteroatoms. The number of benzene rings is 1. The van der Waals surface area contributed by atoms with Crippen LogP contribution in [0.1, 0.15) is 38.2 Å². The second-order valence-electron chi connectivity index (χ2n) is 5.40. The number of phenolic OH excluding ortho intramolecular Hbond substituents is 1. The van der Waals surface area contributed by atoms with Gasteiger partial charge in [-0.25, -0.2) is 0 Å². The summed E-state index contributed by atoms with van der Waals surface area (Å²) in [6.45, 7) is 3.89. The highest BCUT2D eigenvalue weighted by Gasteiger charge is 2.23. The van der Waals surface area contributed by atoms with Gasteiger partial charge in [0.25, 0.3) is 0 Å². The zero-order valence-electron chi connectivity index (χ0n) is 11.5. The lowest BCUT2D eigenvalue weighted by molar-refractivity contribution is 0.148. The number of phenols is 1. The van der Waals surface area contributed by atoms with Crippen molar-refractivity contribution in [3.63, 3.8) is 0 Å². The monoisotopic (exact) mass is 282 g/mol. The van der Waals surface area contributed by atoms with Crippen LogP contribution in [-0.4, -0.2) is 28.6 Å². The quantitative estimate of drug-likeness (QED) is 0.892. The normalized spacial score (nSPS) is 23.8. The summed E-state index contributed by atoms with van der Waals surface area (Å²) in [6, 6.07) is 6.19. The van der Waals surface area contributed by atoms with Crippen LogP contribution in [-0.2, 0) is 6.54 Å². The molecule has 0 heterocycles. The molecule has 1 saturated carbocycles. The van der Waals surface area contributed by atoms with Crippen molar-refractivity contribution in [2.24, 2.45) is 5.73 Å². The van der Waals surface area contributed by atoms with Crippen molar-refractivity contribution in [2.75, 3.05) is 6.54 Å². The average molecular weight is 283 g/mol. The maximum Gasteiger partial charge on any atom is 0.120 e. The second kappa shape index (κ2) is 6.60. The summed E-state index contributed by atoms with van der Waals surface area (Å²) in [6.07, 6.45) is 4.50. The van der Waals surface area contributed by atoms with E-state index in [1.807, 2.05) is 6.07 Å². The van der Waals surface area contributed by atoms with Gasteiger partial charge in [-0.2, -0.15) is 0 Å². The summed E-state index contributed by atoms with van der Waals surface area (Å²) in [5.41, 5.74) is 6.87. The predicted molar refractivity (Wildman–Crippen MR) is 79.4 cm³/mol. The molecule has 0 unspecified atom stereocenters. The molecule has 0 atom stereocenters. The van der Waals surface area contributed by atoms with Gasteiger partial charge in [0.2, 0.25) is 0 Å². The van der Waals surface area contributed by atoms with Gasteiger partial charge in [-0.15, -0.1) is 0 Å². The summed E-state index contributed by atoms with van der Waals surface area (Å²) >= 11 is 6.00. The third-order valence-corrected chi connectivity index (χ3v) is 4.31. The van der Waals surface area contributed by atoms with Crippen molar-refractivity contribution in [1.82, 2.24) is 4.90 Å². The lowest BCUT2D eigenvalue weighted by Gasteiger charge is -2.35. The van der Waals surface area contributed by atoms with Gasteiger partial charge in [0.15, 0.2) is 0 Å². The standard InChI is InChI=1S/C15H23ClN2O/c1-2-18(14-6-4-13(17)5-7-14)10-11-9-12(16)3-8-15(11)19/h3,8-9,13-14,19H,2,4-7,10,17H2,1H3. The molecular weight excluding hydrogens is 260 g/mol. The first-order valence-corrected chi connectivity index (χ1v) is 7.45. The number of aromatic hydroxyl groups is 1. The minimum absolute atomic E-state index is 0.329. The fraction of sp³-hybridized carbons (Fsp3) is 0.600. The molecule has 1 aliphatic carbocycles. The van der Waals surface area contributed by atoms with Crippen LogP contribution in [0.15, 0.2) is 18.2 Å². The Bertz CT molecular complexity index is 417. The van der Waals surface area contributed by atoms with E-state index in [1.54, 1.807) is 12.1 Å². The second-order valence-corrected chi connectivity index (χ2v) is 5.84. The Balaban J connectivity index is 2.04. The van der Waals surface area contributed by atoms with Crippen LogP contribution in [0.3, 0.4) is 0 Å². The third kappa shape index (κ3) is 3.85. The van der Waals surface area contributed by atoms with Crippen molar-refractivity contribution >= 4 is 11.6 Å². The summed E-state index contributed by atoms with van der Waals surface area (Å²) in [4.78, 5) is 2.41. The number of nitrogens with two attached hydrogens (primary N) is 1. The molecule has 0 aliphatic heterocycles. The van der Waals surface area contributed by atoms with Crippen molar-refractivity contribution < 1.29 is 5.11 Å². The molecular formula is C15H23ClN2O. The smallest absolute Gasteiger partial charge is 0.120 e. The topological polar surface area (TPSA) is 49.5 Å². The Kier molecular flexibility index (Phi) is 5.08. The largest absolute Gasteiger partial charge is 0.508 e. The average Bonchev–Trinajstić information content (AvgIpc) is 2.41. The van der Waals surface area contributed by atoms with Crippen LogP contribution < -0.4 is 5.73 Å². The van der Waals surface area contributed by atoms with Crippen LogP contribution in [0, 0.1) is 0 Å². The van der Waals surface area contributed by atoms with Gasteiger partial charge >= 0.3 is 0 Å². The van der Waals surface area contributed by atoms with Crippen molar-refractivity contribution in [3.05, 3.63) is 28.8 Å². The number of halogens is 1.